The number of Topliss-reactive ketones (excluding diaryl/α,β-unsaturated/α-hetero) is 1. The number of hydrogen-bond acceptors (Lipinski definition) is 3. The highest BCUT2D eigenvalue weighted by Crippen LogP contribution is 2.15. The van der Waals surface area contributed by atoms with Gasteiger partial charge in [-0.15, -0.1) is 0 Å². The number of ketones is 1. The number of nitrogens with zero attached hydrogens (tertiary/aromatic N) is 1. The first-order valence-corrected chi connectivity index (χ1v) is 7.25. The highest BCUT2D eigenvalue weighted by atomic mass is 16.5. The first kappa shape index (κ1) is 15.2. The van der Waals surface area contributed by atoms with Crippen LogP contribution in [0.15, 0.2) is 42.7 Å². The molecule has 0 amide bonds. The molecule has 1 heterocycles. The lowest BCUT2D eigenvalue weighted by Crippen LogP contribution is -2.07. The molecule has 0 spiro atoms. The predicted octanol–water partition coefficient (Wildman–Crippen LogP) is 3.99. The minimum absolute atomic E-state index is 0.0736. The van der Waals surface area contributed by atoms with Gasteiger partial charge >= 0.3 is 0 Å². The molecule has 1 aromatic heterocycles. The molecule has 2 aromatic rings. The van der Waals surface area contributed by atoms with Gasteiger partial charge in [-0.25, -0.2) is 0 Å². The van der Waals surface area contributed by atoms with Crippen molar-refractivity contribution in [2.24, 2.45) is 0 Å². The zero-order chi connectivity index (χ0) is 15.2. The number of carbonyl (C=O) groups is 1. The molecule has 1 aromatic carbocycles. The fourth-order valence-corrected chi connectivity index (χ4v) is 2.18. The number of aromatic nitrogens is 1. The van der Waals surface area contributed by atoms with E-state index in [1.807, 2.05) is 19.9 Å². The maximum atomic E-state index is 12.2. The Bertz CT molecular complexity index is 620. The predicted molar refractivity (Wildman–Crippen MR) is 83.8 cm³/mol. The Morgan fingerprint density at radius 1 is 1.24 bits per heavy atom. The van der Waals surface area contributed by atoms with Crippen molar-refractivity contribution < 1.29 is 9.53 Å². The number of carbonyl (C=O) groups excluding carboxylic acids is 1. The van der Waals surface area contributed by atoms with E-state index in [1.165, 1.54) is 11.1 Å². The summed E-state index contributed by atoms with van der Waals surface area (Å²) in [6, 6.07) is 10.0. The van der Waals surface area contributed by atoms with E-state index in [9.17, 15) is 4.79 Å². The fraction of sp³-hybridized carbons (Fsp3) is 0.333. The first-order valence-electron chi connectivity index (χ1n) is 7.25. The second-order valence-corrected chi connectivity index (χ2v) is 5.49. The molecule has 0 N–H and O–H groups in total. The average molecular weight is 283 g/mol. The van der Waals surface area contributed by atoms with Gasteiger partial charge < -0.3 is 4.74 Å². The maximum Gasteiger partial charge on any atom is 0.164 e. The van der Waals surface area contributed by atoms with Crippen LogP contribution in [0.25, 0.3) is 0 Å². The van der Waals surface area contributed by atoms with Crippen molar-refractivity contribution in [3.05, 3.63) is 59.4 Å². The van der Waals surface area contributed by atoms with Gasteiger partial charge in [0.2, 0.25) is 0 Å². The van der Waals surface area contributed by atoms with Gasteiger partial charge in [-0.05, 0) is 38.8 Å². The Hall–Kier alpha value is -2.16. The molecule has 3 nitrogen and oxygen atoms in total. The number of hydrogen-bond donors (Lipinski definition) is 0. The van der Waals surface area contributed by atoms with Gasteiger partial charge in [0.1, 0.15) is 5.75 Å². The van der Waals surface area contributed by atoms with Crippen molar-refractivity contribution in [1.29, 1.82) is 0 Å². The van der Waals surface area contributed by atoms with Crippen LogP contribution in [0.2, 0.25) is 0 Å². The second kappa shape index (κ2) is 7.02. The molecule has 3 heteroatoms. The van der Waals surface area contributed by atoms with Crippen LogP contribution >= 0.6 is 0 Å². The maximum absolute atomic E-state index is 12.2. The standard InChI is InChI=1S/C18H21NO2/c1-13(2)21-17-10-16(11-19-12-17)18(20)8-7-15-6-4-5-14(3)9-15/h4-6,9-13H,7-8H2,1-3H3. The van der Waals surface area contributed by atoms with Crippen molar-refractivity contribution in [3.63, 3.8) is 0 Å². The summed E-state index contributed by atoms with van der Waals surface area (Å²) in [4.78, 5) is 16.3. The van der Waals surface area contributed by atoms with Crippen LogP contribution in [-0.4, -0.2) is 16.9 Å². The van der Waals surface area contributed by atoms with E-state index in [0.717, 1.165) is 6.42 Å². The van der Waals surface area contributed by atoms with Crippen LogP contribution < -0.4 is 4.74 Å². The molecule has 0 unspecified atom stereocenters. The lowest BCUT2D eigenvalue weighted by Gasteiger charge is -2.10. The monoisotopic (exact) mass is 283 g/mol. The fourth-order valence-electron chi connectivity index (χ4n) is 2.18. The number of benzene rings is 1. The van der Waals surface area contributed by atoms with Crippen LogP contribution in [0.1, 0.15) is 41.8 Å². The molecule has 0 bridgehead atoms. The number of ether oxygens (including phenoxy) is 1. The van der Waals surface area contributed by atoms with E-state index in [4.69, 9.17) is 4.74 Å². The topological polar surface area (TPSA) is 39.2 Å². The van der Waals surface area contributed by atoms with Crippen LogP contribution in [0.3, 0.4) is 0 Å². The van der Waals surface area contributed by atoms with Crippen molar-refractivity contribution in [1.82, 2.24) is 4.98 Å². The van der Waals surface area contributed by atoms with Gasteiger partial charge in [-0.2, -0.15) is 0 Å². The normalized spacial score (nSPS) is 10.7. The van der Waals surface area contributed by atoms with Gasteiger partial charge in [-0.3, -0.25) is 9.78 Å². The van der Waals surface area contributed by atoms with Crippen LogP contribution in [-0.2, 0) is 6.42 Å². The number of aryl methyl sites for hydroxylation is 2. The molecule has 21 heavy (non-hydrogen) atoms. The van der Waals surface area contributed by atoms with Gasteiger partial charge in [0.25, 0.3) is 0 Å². The van der Waals surface area contributed by atoms with E-state index in [-0.39, 0.29) is 11.9 Å². The van der Waals surface area contributed by atoms with Crippen molar-refractivity contribution >= 4 is 5.78 Å². The summed E-state index contributed by atoms with van der Waals surface area (Å²) in [6.45, 7) is 5.96. The Labute approximate surface area is 126 Å². The van der Waals surface area contributed by atoms with E-state index >= 15 is 0 Å². The number of rotatable bonds is 6. The molecule has 0 atom stereocenters. The zero-order valence-electron chi connectivity index (χ0n) is 12.8. The smallest absolute Gasteiger partial charge is 0.164 e. The van der Waals surface area contributed by atoms with Gasteiger partial charge in [-0.1, -0.05) is 29.8 Å². The lowest BCUT2D eigenvalue weighted by atomic mass is 10.0. The third kappa shape index (κ3) is 4.71. The molecule has 0 aliphatic heterocycles. The van der Waals surface area contributed by atoms with Gasteiger partial charge in [0.15, 0.2) is 5.78 Å². The Morgan fingerprint density at radius 3 is 2.76 bits per heavy atom. The third-order valence-electron chi connectivity index (χ3n) is 3.13. The van der Waals surface area contributed by atoms with E-state index in [0.29, 0.717) is 17.7 Å². The quantitative estimate of drug-likeness (QED) is 0.752. The number of pyridine rings is 1. The Morgan fingerprint density at radius 2 is 2.05 bits per heavy atom. The molecule has 0 radical (unpaired) electrons. The van der Waals surface area contributed by atoms with E-state index in [2.05, 4.69) is 30.1 Å². The van der Waals surface area contributed by atoms with Crippen molar-refractivity contribution in [2.45, 2.75) is 39.7 Å². The molecular formula is C18H21NO2. The SMILES string of the molecule is Cc1cccc(CCC(=O)c2cncc(OC(C)C)c2)c1. The largest absolute Gasteiger partial charge is 0.489 e. The molecule has 0 saturated carbocycles. The summed E-state index contributed by atoms with van der Waals surface area (Å²) in [5, 5.41) is 0. The Kier molecular flexibility index (Phi) is 5.09. The van der Waals surface area contributed by atoms with E-state index in [1.54, 1.807) is 18.5 Å². The molecule has 0 fully saturated rings. The van der Waals surface area contributed by atoms with Gasteiger partial charge in [0, 0.05) is 18.2 Å². The molecular weight excluding hydrogens is 262 g/mol. The summed E-state index contributed by atoms with van der Waals surface area (Å²) in [5.74, 6) is 0.740. The zero-order valence-corrected chi connectivity index (χ0v) is 12.8. The summed E-state index contributed by atoms with van der Waals surface area (Å²) in [5.41, 5.74) is 3.01. The third-order valence-corrected chi connectivity index (χ3v) is 3.13. The summed E-state index contributed by atoms with van der Waals surface area (Å²) < 4.78 is 5.57. The molecule has 2 rings (SSSR count). The molecule has 110 valence electrons. The Balaban J connectivity index is 2.00. The van der Waals surface area contributed by atoms with Crippen molar-refractivity contribution in [3.8, 4) is 5.75 Å². The van der Waals surface area contributed by atoms with Crippen LogP contribution in [0.4, 0.5) is 0 Å². The summed E-state index contributed by atoms with van der Waals surface area (Å²) in [7, 11) is 0. The minimum atomic E-state index is 0.0736. The van der Waals surface area contributed by atoms with Crippen LogP contribution in [0.5, 0.6) is 5.75 Å². The molecule has 0 aliphatic rings. The first-order chi connectivity index (χ1) is 10.0. The van der Waals surface area contributed by atoms with Crippen LogP contribution in [0, 0.1) is 6.92 Å². The van der Waals surface area contributed by atoms with E-state index < -0.39 is 0 Å². The second-order valence-electron chi connectivity index (χ2n) is 5.49. The average Bonchev–Trinajstić information content (AvgIpc) is 2.44. The summed E-state index contributed by atoms with van der Waals surface area (Å²) >= 11 is 0. The highest BCUT2D eigenvalue weighted by Gasteiger charge is 2.09. The minimum Gasteiger partial charge on any atom is -0.489 e. The van der Waals surface area contributed by atoms with Crippen molar-refractivity contribution in [2.75, 3.05) is 0 Å². The molecule has 0 saturated heterocycles. The highest BCUT2D eigenvalue weighted by molar-refractivity contribution is 5.96. The van der Waals surface area contributed by atoms with Gasteiger partial charge in [0.05, 0.1) is 12.3 Å². The lowest BCUT2D eigenvalue weighted by molar-refractivity contribution is 0.0981. The molecule has 0 aliphatic carbocycles. The summed E-state index contributed by atoms with van der Waals surface area (Å²) in [6.07, 6.45) is 4.54.